The van der Waals surface area contributed by atoms with E-state index in [0.717, 1.165) is 6.07 Å². The van der Waals surface area contributed by atoms with Crippen LogP contribution in [0.25, 0.3) is 10.9 Å². The molecule has 130 valence electrons. The fourth-order valence-electron chi connectivity index (χ4n) is 2.63. The molecule has 25 heavy (non-hydrogen) atoms. The minimum Gasteiger partial charge on any atom is -0.494 e. The van der Waals surface area contributed by atoms with Gasteiger partial charge in [0.05, 0.1) is 17.0 Å². The molecule has 5 nitrogen and oxygen atoms in total. The molecule has 0 fully saturated rings. The van der Waals surface area contributed by atoms with E-state index in [1.807, 2.05) is 6.92 Å². The van der Waals surface area contributed by atoms with Crippen molar-refractivity contribution < 1.29 is 17.5 Å². The van der Waals surface area contributed by atoms with E-state index in [-0.39, 0.29) is 15.2 Å². The Labute approximate surface area is 144 Å². The first-order chi connectivity index (χ1) is 11.8. The van der Waals surface area contributed by atoms with Crippen LogP contribution < -0.4 is 10.2 Å². The van der Waals surface area contributed by atoms with Gasteiger partial charge in [-0.15, -0.1) is 0 Å². The summed E-state index contributed by atoms with van der Waals surface area (Å²) in [6, 6.07) is 9.50. The average Bonchev–Trinajstić information content (AvgIpc) is 2.58. The van der Waals surface area contributed by atoms with E-state index in [2.05, 4.69) is 0 Å². The fourth-order valence-corrected chi connectivity index (χ4v) is 4.02. The highest BCUT2D eigenvalue weighted by molar-refractivity contribution is 7.91. The van der Waals surface area contributed by atoms with Gasteiger partial charge in [-0.25, -0.2) is 12.8 Å². The summed E-state index contributed by atoms with van der Waals surface area (Å²) in [7, 11) is -2.44. The third-order valence-electron chi connectivity index (χ3n) is 3.85. The molecule has 0 spiro atoms. The van der Waals surface area contributed by atoms with Gasteiger partial charge in [-0.2, -0.15) is 0 Å². The summed E-state index contributed by atoms with van der Waals surface area (Å²) in [6.45, 7) is 2.29. The molecule has 7 heteroatoms. The van der Waals surface area contributed by atoms with Gasteiger partial charge < -0.3 is 9.30 Å². The van der Waals surface area contributed by atoms with Crippen molar-refractivity contribution in [2.75, 3.05) is 6.61 Å². The van der Waals surface area contributed by atoms with E-state index in [9.17, 15) is 17.6 Å². The monoisotopic (exact) mass is 361 g/mol. The van der Waals surface area contributed by atoms with Crippen LogP contribution in [0.5, 0.6) is 5.75 Å². The Bertz CT molecular complexity index is 1100. The molecule has 0 saturated heterocycles. The van der Waals surface area contributed by atoms with Crippen molar-refractivity contribution in [2.24, 2.45) is 7.05 Å². The van der Waals surface area contributed by atoms with Gasteiger partial charge in [-0.1, -0.05) is 0 Å². The van der Waals surface area contributed by atoms with Crippen molar-refractivity contribution in [3.05, 3.63) is 64.7 Å². The lowest BCUT2D eigenvalue weighted by Gasteiger charge is -2.10. The summed E-state index contributed by atoms with van der Waals surface area (Å²) in [5.74, 6) is 0.0490. The summed E-state index contributed by atoms with van der Waals surface area (Å²) in [4.78, 5) is 12.3. The van der Waals surface area contributed by atoms with Crippen molar-refractivity contribution in [3.8, 4) is 5.75 Å². The summed E-state index contributed by atoms with van der Waals surface area (Å²) >= 11 is 0. The summed E-state index contributed by atoms with van der Waals surface area (Å²) in [5.41, 5.74) is -0.322. The van der Waals surface area contributed by atoms with Gasteiger partial charge in [-0.05, 0) is 49.4 Å². The Morgan fingerprint density at radius 1 is 1.12 bits per heavy atom. The predicted molar refractivity (Wildman–Crippen MR) is 92.2 cm³/mol. The van der Waals surface area contributed by atoms with Crippen molar-refractivity contribution >= 4 is 20.7 Å². The van der Waals surface area contributed by atoms with Crippen molar-refractivity contribution in [3.63, 3.8) is 0 Å². The molecular weight excluding hydrogens is 345 g/mol. The van der Waals surface area contributed by atoms with Crippen molar-refractivity contribution in [1.82, 2.24) is 4.57 Å². The highest BCUT2D eigenvalue weighted by Crippen LogP contribution is 2.23. The number of sulfone groups is 1. The van der Waals surface area contributed by atoms with E-state index in [1.54, 1.807) is 7.05 Å². The Morgan fingerprint density at radius 2 is 1.80 bits per heavy atom. The highest BCUT2D eigenvalue weighted by Gasteiger charge is 2.23. The number of hydrogen-bond acceptors (Lipinski definition) is 4. The first-order valence-electron chi connectivity index (χ1n) is 7.61. The first-order valence-corrected chi connectivity index (χ1v) is 9.09. The lowest BCUT2D eigenvalue weighted by atomic mass is 10.2. The van der Waals surface area contributed by atoms with Crippen LogP contribution in [-0.2, 0) is 16.9 Å². The quantitative estimate of drug-likeness (QED) is 0.717. The number of nitrogens with zero attached hydrogens (tertiary/aromatic N) is 1. The summed E-state index contributed by atoms with van der Waals surface area (Å²) in [6.07, 6.45) is 1.22. The zero-order valence-electron chi connectivity index (χ0n) is 13.7. The first kappa shape index (κ1) is 17.2. The molecule has 0 aliphatic rings. The second-order valence-electron chi connectivity index (χ2n) is 5.50. The third kappa shape index (κ3) is 3.02. The van der Waals surface area contributed by atoms with Gasteiger partial charge in [-0.3, -0.25) is 4.79 Å². The lowest BCUT2D eigenvalue weighted by Crippen LogP contribution is -2.18. The molecule has 0 amide bonds. The van der Waals surface area contributed by atoms with E-state index >= 15 is 0 Å². The lowest BCUT2D eigenvalue weighted by molar-refractivity contribution is 0.340. The Balaban J connectivity index is 2.19. The van der Waals surface area contributed by atoms with Gasteiger partial charge in [0, 0.05) is 18.6 Å². The van der Waals surface area contributed by atoms with Gasteiger partial charge in [0.2, 0.25) is 15.3 Å². The van der Waals surface area contributed by atoms with Gasteiger partial charge in [0.15, 0.2) is 0 Å². The average molecular weight is 361 g/mol. The summed E-state index contributed by atoms with van der Waals surface area (Å²) in [5, 5.41) is 0.149. The van der Waals surface area contributed by atoms with Crippen LogP contribution in [0.4, 0.5) is 4.39 Å². The molecular formula is C18H16FNO4S. The largest absolute Gasteiger partial charge is 0.494 e. The molecule has 3 rings (SSSR count). The topological polar surface area (TPSA) is 65.4 Å². The number of pyridine rings is 1. The Morgan fingerprint density at radius 3 is 2.44 bits per heavy atom. The van der Waals surface area contributed by atoms with E-state index in [0.29, 0.717) is 17.9 Å². The number of rotatable bonds is 4. The number of ether oxygens (including phenoxy) is 1. The second-order valence-corrected chi connectivity index (χ2v) is 7.42. The number of aryl methyl sites for hydroxylation is 1. The van der Waals surface area contributed by atoms with Crippen molar-refractivity contribution in [1.29, 1.82) is 0 Å². The second kappa shape index (κ2) is 6.33. The molecule has 0 bridgehead atoms. The molecule has 0 radical (unpaired) electrons. The van der Waals surface area contributed by atoms with Crippen LogP contribution >= 0.6 is 0 Å². The SMILES string of the molecule is CCOc1ccc(S(=O)(=O)c2cn(C)c3cc(F)ccc3c2=O)cc1. The number of hydrogen-bond donors (Lipinski definition) is 0. The smallest absolute Gasteiger partial charge is 0.211 e. The third-order valence-corrected chi connectivity index (χ3v) is 5.62. The fraction of sp³-hybridized carbons (Fsp3) is 0.167. The van der Waals surface area contributed by atoms with Gasteiger partial charge in [0.1, 0.15) is 16.5 Å². The maximum absolute atomic E-state index is 13.4. The molecule has 0 unspecified atom stereocenters. The minimum atomic E-state index is -4.01. The standard InChI is InChI=1S/C18H16FNO4S/c1-3-24-13-5-7-14(8-6-13)25(22,23)17-11-20(2)16-10-12(19)4-9-15(16)18(17)21/h4-11H,3H2,1-2H3. The van der Waals surface area contributed by atoms with Crippen LogP contribution in [0.2, 0.25) is 0 Å². The zero-order valence-corrected chi connectivity index (χ0v) is 14.5. The molecule has 1 aromatic heterocycles. The minimum absolute atomic E-state index is 0.00508. The zero-order chi connectivity index (χ0) is 18.2. The molecule has 0 saturated carbocycles. The van der Waals surface area contributed by atoms with E-state index < -0.39 is 21.1 Å². The molecule has 1 heterocycles. The van der Waals surface area contributed by atoms with Crippen LogP contribution in [-0.4, -0.2) is 19.6 Å². The maximum Gasteiger partial charge on any atom is 0.211 e. The highest BCUT2D eigenvalue weighted by atomic mass is 32.2. The van der Waals surface area contributed by atoms with Crippen LogP contribution in [0, 0.1) is 5.82 Å². The predicted octanol–water partition coefficient (Wildman–Crippen LogP) is 2.91. The van der Waals surface area contributed by atoms with Crippen LogP contribution in [0.15, 0.2) is 63.2 Å². The normalized spacial score (nSPS) is 11.6. The van der Waals surface area contributed by atoms with Crippen LogP contribution in [0.1, 0.15) is 6.92 Å². The van der Waals surface area contributed by atoms with E-state index in [1.165, 1.54) is 47.2 Å². The molecule has 0 aliphatic carbocycles. The summed E-state index contributed by atoms with van der Waals surface area (Å²) < 4.78 is 45.8. The Kier molecular flexibility index (Phi) is 4.34. The van der Waals surface area contributed by atoms with Crippen molar-refractivity contribution in [2.45, 2.75) is 16.7 Å². The number of halogens is 1. The maximum atomic E-state index is 13.4. The molecule has 0 atom stereocenters. The number of benzene rings is 2. The van der Waals surface area contributed by atoms with Gasteiger partial charge >= 0.3 is 0 Å². The molecule has 3 aromatic rings. The Hall–Kier alpha value is -2.67. The molecule has 0 aliphatic heterocycles. The number of aromatic nitrogens is 1. The number of fused-ring (bicyclic) bond motifs is 1. The molecule has 2 aromatic carbocycles. The van der Waals surface area contributed by atoms with Gasteiger partial charge in [0.25, 0.3) is 0 Å². The van der Waals surface area contributed by atoms with Crippen LogP contribution in [0.3, 0.4) is 0 Å². The van der Waals surface area contributed by atoms with E-state index in [4.69, 9.17) is 4.74 Å². The molecule has 0 N–H and O–H groups in total.